The molecule has 2 nitrogen and oxygen atoms in total. The number of hydrogen-bond acceptors (Lipinski definition) is 2. The van der Waals surface area contributed by atoms with Crippen LogP contribution in [0.1, 0.15) is 35.3 Å². The van der Waals surface area contributed by atoms with Crippen molar-refractivity contribution in [2.45, 2.75) is 26.2 Å². The van der Waals surface area contributed by atoms with E-state index in [-0.39, 0.29) is 5.78 Å². The van der Waals surface area contributed by atoms with Crippen molar-refractivity contribution in [3.63, 3.8) is 0 Å². The lowest BCUT2D eigenvalue weighted by Gasteiger charge is -2.24. The average Bonchev–Trinajstić information content (AvgIpc) is 2.39. The molecule has 0 aliphatic carbocycles. The molecule has 2 heteroatoms. The second kappa shape index (κ2) is 4.73. The van der Waals surface area contributed by atoms with Crippen molar-refractivity contribution in [2.75, 3.05) is 0 Å². The zero-order chi connectivity index (χ0) is 13.2. The van der Waals surface area contributed by atoms with Crippen LogP contribution in [0.15, 0.2) is 48.8 Å². The quantitative estimate of drug-likeness (QED) is 0.767. The van der Waals surface area contributed by atoms with Crippen LogP contribution in [0.4, 0.5) is 0 Å². The number of ketones is 1. The van der Waals surface area contributed by atoms with Gasteiger partial charge < -0.3 is 0 Å². The summed E-state index contributed by atoms with van der Waals surface area (Å²) in [5.41, 5.74) is 2.17. The van der Waals surface area contributed by atoms with Crippen LogP contribution in [0, 0.1) is 6.92 Å². The number of carbonyl (C=O) groups is 1. The van der Waals surface area contributed by atoms with Crippen molar-refractivity contribution in [1.29, 1.82) is 0 Å². The van der Waals surface area contributed by atoms with Gasteiger partial charge in [-0.3, -0.25) is 9.78 Å². The Labute approximate surface area is 108 Å². The van der Waals surface area contributed by atoms with Crippen LogP contribution in [-0.4, -0.2) is 10.8 Å². The molecule has 0 spiro atoms. The largest absolute Gasteiger partial charge is 0.293 e. The zero-order valence-corrected chi connectivity index (χ0v) is 11.0. The standard InChI is InChI=1S/C16H17NO/c1-12-9-10-17-11-14(12)15(18)16(2,3)13-7-5-4-6-8-13/h4-11H,1-3H3. The van der Waals surface area contributed by atoms with Crippen LogP contribution >= 0.6 is 0 Å². The summed E-state index contributed by atoms with van der Waals surface area (Å²) in [7, 11) is 0. The number of aryl methyl sites for hydroxylation is 1. The normalized spacial score (nSPS) is 11.3. The van der Waals surface area contributed by atoms with Gasteiger partial charge in [-0.05, 0) is 38.0 Å². The van der Waals surface area contributed by atoms with E-state index >= 15 is 0 Å². The Morgan fingerprint density at radius 3 is 2.39 bits per heavy atom. The minimum atomic E-state index is -0.533. The molecule has 1 aromatic carbocycles. The molecule has 0 N–H and O–H groups in total. The van der Waals surface area contributed by atoms with Gasteiger partial charge in [-0.25, -0.2) is 0 Å². The first kappa shape index (κ1) is 12.5. The van der Waals surface area contributed by atoms with Crippen LogP contribution in [0.3, 0.4) is 0 Å². The van der Waals surface area contributed by atoms with Crippen LogP contribution < -0.4 is 0 Å². The lowest BCUT2D eigenvalue weighted by molar-refractivity contribution is 0.0907. The van der Waals surface area contributed by atoms with E-state index in [1.807, 2.05) is 57.2 Å². The second-order valence-corrected chi connectivity index (χ2v) is 5.01. The van der Waals surface area contributed by atoms with E-state index < -0.39 is 5.41 Å². The Bertz CT molecular complexity index is 558. The van der Waals surface area contributed by atoms with E-state index in [0.717, 1.165) is 11.1 Å². The van der Waals surface area contributed by atoms with Gasteiger partial charge in [0.25, 0.3) is 0 Å². The number of rotatable bonds is 3. The molecular formula is C16H17NO. The average molecular weight is 239 g/mol. The summed E-state index contributed by atoms with van der Waals surface area (Å²) in [6, 6.07) is 11.7. The number of pyridine rings is 1. The maximum atomic E-state index is 12.6. The Kier molecular flexibility index (Phi) is 3.28. The van der Waals surface area contributed by atoms with Crippen molar-refractivity contribution in [3.05, 3.63) is 65.5 Å². The predicted molar refractivity (Wildman–Crippen MR) is 72.8 cm³/mol. The summed E-state index contributed by atoms with van der Waals surface area (Å²) in [5.74, 6) is 0.110. The molecule has 0 aliphatic heterocycles. The summed E-state index contributed by atoms with van der Waals surface area (Å²) in [4.78, 5) is 16.7. The molecule has 1 aromatic heterocycles. The van der Waals surface area contributed by atoms with E-state index in [9.17, 15) is 4.79 Å². The molecule has 0 radical (unpaired) electrons. The fourth-order valence-electron chi connectivity index (χ4n) is 2.02. The lowest BCUT2D eigenvalue weighted by Crippen LogP contribution is -2.29. The van der Waals surface area contributed by atoms with Gasteiger partial charge in [0.2, 0.25) is 0 Å². The molecule has 0 saturated heterocycles. The maximum absolute atomic E-state index is 12.6. The molecule has 0 saturated carbocycles. The first-order valence-electron chi connectivity index (χ1n) is 6.04. The summed E-state index contributed by atoms with van der Waals surface area (Å²) in [6.07, 6.45) is 3.37. The lowest BCUT2D eigenvalue weighted by atomic mass is 9.77. The number of carbonyl (C=O) groups excluding carboxylic acids is 1. The molecule has 2 aromatic rings. The molecular weight excluding hydrogens is 222 g/mol. The van der Waals surface area contributed by atoms with E-state index in [0.29, 0.717) is 5.56 Å². The van der Waals surface area contributed by atoms with Gasteiger partial charge in [0.1, 0.15) is 0 Å². The van der Waals surface area contributed by atoms with E-state index in [4.69, 9.17) is 0 Å². The van der Waals surface area contributed by atoms with E-state index in [1.165, 1.54) is 0 Å². The molecule has 0 atom stereocenters. The molecule has 92 valence electrons. The molecule has 2 rings (SSSR count). The number of Topliss-reactive ketones (excluding diaryl/α,β-unsaturated/α-hetero) is 1. The minimum absolute atomic E-state index is 0.110. The number of benzene rings is 1. The highest BCUT2D eigenvalue weighted by Crippen LogP contribution is 2.28. The Morgan fingerprint density at radius 2 is 1.78 bits per heavy atom. The van der Waals surface area contributed by atoms with Crippen molar-refractivity contribution >= 4 is 5.78 Å². The fourth-order valence-corrected chi connectivity index (χ4v) is 2.02. The van der Waals surface area contributed by atoms with Crippen LogP contribution in [0.5, 0.6) is 0 Å². The number of nitrogens with zero attached hydrogens (tertiary/aromatic N) is 1. The van der Waals surface area contributed by atoms with Crippen LogP contribution in [0.2, 0.25) is 0 Å². The van der Waals surface area contributed by atoms with Crippen molar-refractivity contribution in [1.82, 2.24) is 4.98 Å². The predicted octanol–water partition coefficient (Wildman–Crippen LogP) is 3.55. The SMILES string of the molecule is Cc1ccncc1C(=O)C(C)(C)c1ccccc1. The first-order valence-corrected chi connectivity index (χ1v) is 6.04. The third kappa shape index (κ3) is 2.19. The van der Waals surface area contributed by atoms with E-state index in [1.54, 1.807) is 12.4 Å². The monoisotopic (exact) mass is 239 g/mol. The van der Waals surface area contributed by atoms with Gasteiger partial charge in [-0.15, -0.1) is 0 Å². The maximum Gasteiger partial charge on any atom is 0.174 e. The number of aromatic nitrogens is 1. The van der Waals surface area contributed by atoms with Crippen molar-refractivity contribution in [2.24, 2.45) is 0 Å². The number of hydrogen-bond donors (Lipinski definition) is 0. The molecule has 0 bridgehead atoms. The van der Waals surface area contributed by atoms with Gasteiger partial charge in [-0.2, -0.15) is 0 Å². The highest BCUT2D eigenvalue weighted by atomic mass is 16.1. The zero-order valence-electron chi connectivity index (χ0n) is 11.0. The van der Waals surface area contributed by atoms with Crippen molar-refractivity contribution < 1.29 is 4.79 Å². The van der Waals surface area contributed by atoms with Crippen molar-refractivity contribution in [3.8, 4) is 0 Å². The van der Waals surface area contributed by atoms with Crippen LogP contribution in [-0.2, 0) is 5.41 Å². The Hall–Kier alpha value is -1.96. The van der Waals surface area contributed by atoms with Gasteiger partial charge >= 0.3 is 0 Å². The third-order valence-electron chi connectivity index (χ3n) is 3.35. The molecule has 0 amide bonds. The third-order valence-corrected chi connectivity index (χ3v) is 3.35. The summed E-state index contributed by atoms with van der Waals surface area (Å²) < 4.78 is 0. The molecule has 18 heavy (non-hydrogen) atoms. The fraction of sp³-hybridized carbons (Fsp3) is 0.250. The smallest absolute Gasteiger partial charge is 0.174 e. The van der Waals surface area contributed by atoms with E-state index in [2.05, 4.69) is 4.98 Å². The van der Waals surface area contributed by atoms with Gasteiger partial charge in [0, 0.05) is 18.0 Å². The molecule has 0 fully saturated rings. The highest BCUT2D eigenvalue weighted by Gasteiger charge is 2.31. The topological polar surface area (TPSA) is 30.0 Å². The van der Waals surface area contributed by atoms with Crippen LogP contribution in [0.25, 0.3) is 0 Å². The summed E-state index contributed by atoms with van der Waals surface area (Å²) in [6.45, 7) is 5.85. The second-order valence-electron chi connectivity index (χ2n) is 5.01. The van der Waals surface area contributed by atoms with Gasteiger partial charge in [0.15, 0.2) is 5.78 Å². The Balaban J connectivity index is 2.43. The summed E-state index contributed by atoms with van der Waals surface area (Å²) in [5, 5.41) is 0. The molecule has 0 unspecified atom stereocenters. The molecule has 1 heterocycles. The summed E-state index contributed by atoms with van der Waals surface area (Å²) >= 11 is 0. The van der Waals surface area contributed by atoms with Gasteiger partial charge in [0.05, 0.1) is 5.41 Å². The molecule has 0 aliphatic rings. The highest BCUT2D eigenvalue weighted by molar-refractivity contribution is 6.04. The first-order chi connectivity index (χ1) is 8.53. The Morgan fingerprint density at radius 1 is 1.11 bits per heavy atom. The van der Waals surface area contributed by atoms with Gasteiger partial charge in [-0.1, -0.05) is 30.3 Å². The minimum Gasteiger partial charge on any atom is -0.293 e.